The highest BCUT2D eigenvalue weighted by atomic mass is 79.9. The van der Waals surface area contributed by atoms with Crippen molar-refractivity contribution in [1.29, 1.82) is 0 Å². The summed E-state index contributed by atoms with van der Waals surface area (Å²) in [4.78, 5) is 2.81. The van der Waals surface area contributed by atoms with Gasteiger partial charge in [-0.25, -0.2) is 13.2 Å². The summed E-state index contributed by atoms with van der Waals surface area (Å²) in [5.74, 6) is -2.21. The molecular formula is C13H5BrClF3N2S. The average Bonchev–Trinajstić information content (AvgIpc) is 2.70. The molecule has 8 heteroatoms. The number of nitrogens with one attached hydrogen (secondary N) is 1. The van der Waals surface area contributed by atoms with E-state index in [1.165, 1.54) is 16.7 Å². The van der Waals surface area contributed by atoms with Crippen molar-refractivity contribution in [2.45, 2.75) is 0 Å². The van der Waals surface area contributed by atoms with E-state index in [1.54, 1.807) is 0 Å². The first-order valence-electron chi connectivity index (χ1n) is 5.63. The van der Waals surface area contributed by atoms with Crippen molar-refractivity contribution in [1.82, 2.24) is 9.55 Å². The summed E-state index contributed by atoms with van der Waals surface area (Å²) >= 11 is 13.8. The fourth-order valence-electron chi connectivity index (χ4n) is 2.02. The number of halogens is 5. The van der Waals surface area contributed by atoms with E-state index in [-0.39, 0.29) is 20.0 Å². The van der Waals surface area contributed by atoms with Crippen LogP contribution in [0, 0.1) is 22.2 Å². The van der Waals surface area contributed by atoms with Crippen LogP contribution in [0.15, 0.2) is 28.7 Å². The quantitative estimate of drug-likeness (QED) is 0.426. The normalized spacial score (nSPS) is 11.3. The second-order valence-electron chi connectivity index (χ2n) is 4.27. The van der Waals surface area contributed by atoms with Crippen LogP contribution in [-0.2, 0) is 0 Å². The predicted octanol–water partition coefficient (Wildman–Crippen LogP) is 5.52. The Kier molecular flexibility index (Phi) is 3.59. The Bertz CT molecular complexity index is 935. The fourth-order valence-corrected chi connectivity index (χ4v) is 2.83. The van der Waals surface area contributed by atoms with Crippen molar-refractivity contribution in [3.05, 3.63) is 56.0 Å². The largest absolute Gasteiger partial charge is 0.330 e. The topological polar surface area (TPSA) is 20.7 Å². The smallest absolute Gasteiger partial charge is 0.182 e. The number of hydrogen-bond acceptors (Lipinski definition) is 1. The summed E-state index contributed by atoms with van der Waals surface area (Å²) in [6, 6.07) is 4.46. The maximum Gasteiger partial charge on any atom is 0.182 e. The number of aromatic nitrogens is 2. The van der Waals surface area contributed by atoms with Crippen LogP contribution in [-0.4, -0.2) is 9.55 Å². The Morgan fingerprint density at radius 2 is 1.76 bits per heavy atom. The zero-order valence-corrected chi connectivity index (χ0v) is 13.2. The van der Waals surface area contributed by atoms with E-state index in [0.29, 0.717) is 11.0 Å². The number of nitrogens with zero attached hydrogens (tertiary/aromatic N) is 1. The molecule has 0 radical (unpaired) electrons. The van der Waals surface area contributed by atoms with Gasteiger partial charge in [-0.1, -0.05) is 11.6 Å². The van der Waals surface area contributed by atoms with E-state index >= 15 is 0 Å². The summed E-state index contributed by atoms with van der Waals surface area (Å²) < 4.78 is 42.5. The van der Waals surface area contributed by atoms with Gasteiger partial charge in [-0.05, 0) is 40.3 Å². The number of hydrogen-bond donors (Lipinski definition) is 1. The minimum atomic E-state index is -0.817. The van der Waals surface area contributed by atoms with Crippen LogP contribution in [0.5, 0.6) is 0 Å². The maximum atomic E-state index is 14.0. The first-order valence-corrected chi connectivity index (χ1v) is 7.21. The molecule has 0 atom stereocenters. The van der Waals surface area contributed by atoms with Gasteiger partial charge < -0.3 is 4.98 Å². The predicted molar refractivity (Wildman–Crippen MR) is 81.0 cm³/mol. The van der Waals surface area contributed by atoms with Gasteiger partial charge in [-0.15, -0.1) is 0 Å². The van der Waals surface area contributed by atoms with Crippen molar-refractivity contribution < 1.29 is 13.2 Å². The molecule has 1 aromatic heterocycles. The van der Waals surface area contributed by atoms with Crippen molar-refractivity contribution in [3.8, 4) is 5.69 Å². The zero-order valence-electron chi connectivity index (χ0n) is 10.1. The molecule has 0 fully saturated rings. The average molecular weight is 394 g/mol. The van der Waals surface area contributed by atoms with Crippen LogP contribution in [0.2, 0.25) is 5.02 Å². The monoisotopic (exact) mass is 392 g/mol. The summed E-state index contributed by atoms with van der Waals surface area (Å²) in [7, 11) is 0. The molecule has 108 valence electrons. The highest BCUT2D eigenvalue weighted by Crippen LogP contribution is 2.28. The minimum absolute atomic E-state index is 0.00116. The summed E-state index contributed by atoms with van der Waals surface area (Å²) in [6.07, 6.45) is 0. The van der Waals surface area contributed by atoms with Gasteiger partial charge in [0.25, 0.3) is 0 Å². The molecule has 2 aromatic carbocycles. The molecule has 0 aliphatic heterocycles. The molecule has 0 bridgehead atoms. The molecule has 0 saturated carbocycles. The molecule has 0 unspecified atom stereocenters. The van der Waals surface area contributed by atoms with E-state index in [9.17, 15) is 13.2 Å². The lowest BCUT2D eigenvalue weighted by molar-refractivity contribution is 0.574. The van der Waals surface area contributed by atoms with Gasteiger partial charge in [0, 0.05) is 12.1 Å². The second-order valence-corrected chi connectivity index (χ2v) is 5.91. The van der Waals surface area contributed by atoms with Crippen LogP contribution < -0.4 is 0 Å². The van der Waals surface area contributed by atoms with Crippen molar-refractivity contribution in [2.24, 2.45) is 0 Å². The Morgan fingerprint density at radius 1 is 1.05 bits per heavy atom. The van der Waals surface area contributed by atoms with E-state index in [4.69, 9.17) is 23.8 Å². The third-order valence-corrected chi connectivity index (χ3v) is 4.14. The van der Waals surface area contributed by atoms with Crippen molar-refractivity contribution in [2.75, 3.05) is 0 Å². The fraction of sp³-hybridized carbons (Fsp3) is 0. The number of imidazole rings is 1. The van der Waals surface area contributed by atoms with Gasteiger partial charge in [0.1, 0.15) is 17.5 Å². The standard InChI is InChI=1S/C13H5BrClF3N2S/c14-5-1-11(9(18)3-7(5)16)20-12-4-8(17)6(15)2-10(12)19-13(20)21/h1-4H,(H,19,21). The number of benzene rings is 2. The SMILES string of the molecule is Fc1cc2c(cc1Cl)[nH]c(=S)n2-c1cc(Br)c(F)cc1F. The summed E-state index contributed by atoms with van der Waals surface area (Å²) in [5.41, 5.74) is 0.756. The van der Waals surface area contributed by atoms with Gasteiger partial charge in [-0.2, -0.15) is 0 Å². The van der Waals surface area contributed by atoms with Crippen LogP contribution in [0.1, 0.15) is 0 Å². The molecule has 1 heterocycles. The highest BCUT2D eigenvalue weighted by molar-refractivity contribution is 9.10. The number of fused-ring (bicyclic) bond motifs is 1. The molecule has 0 aliphatic carbocycles. The first kappa shape index (κ1) is 14.6. The lowest BCUT2D eigenvalue weighted by Crippen LogP contribution is -1.99. The zero-order chi connectivity index (χ0) is 15.3. The van der Waals surface area contributed by atoms with Gasteiger partial charge >= 0.3 is 0 Å². The van der Waals surface area contributed by atoms with Crippen molar-refractivity contribution >= 4 is 50.8 Å². The molecule has 3 aromatic rings. The van der Waals surface area contributed by atoms with Gasteiger partial charge in [-0.3, -0.25) is 4.57 Å². The van der Waals surface area contributed by atoms with E-state index < -0.39 is 17.5 Å². The molecule has 2 nitrogen and oxygen atoms in total. The van der Waals surface area contributed by atoms with Gasteiger partial charge in [0.15, 0.2) is 4.77 Å². The Labute approximate surface area is 135 Å². The molecule has 0 amide bonds. The number of H-pyrrole nitrogens is 1. The van der Waals surface area contributed by atoms with Crippen LogP contribution >= 0.6 is 39.7 Å². The number of aromatic amines is 1. The molecule has 0 spiro atoms. The van der Waals surface area contributed by atoms with E-state index in [2.05, 4.69) is 20.9 Å². The van der Waals surface area contributed by atoms with Crippen LogP contribution in [0.4, 0.5) is 13.2 Å². The summed E-state index contributed by atoms with van der Waals surface area (Å²) in [5, 5.41) is -0.0772. The third-order valence-electron chi connectivity index (χ3n) is 2.95. The van der Waals surface area contributed by atoms with Crippen LogP contribution in [0.25, 0.3) is 16.7 Å². The third kappa shape index (κ3) is 2.39. The molecule has 3 rings (SSSR count). The molecular weight excluding hydrogens is 389 g/mol. The first-order chi connectivity index (χ1) is 9.88. The Hall–Kier alpha value is -1.31. The molecule has 21 heavy (non-hydrogen) atoms. The lowest BCUT2D eigenvalue weighted by Gasteiger charge is -2.08. The van der Waals surface area contributed by atoms with E-state index in [1.807, 2.05) is 0 Å². The van der Waals surface area contributed by atoms with E-state index in [0.717, 1.165) is 12.1 Å². The highest BCUT2D eigenvalue weighted by Gasteiger charge is 2.15. The Morgan fingerprint density at radius 3 is 2.48 bits per heavy atom. The van der Waals surface area contributed by atoms with Gasteiger partial charge in [0.2, 0.25) is 0 Å². The van der Waals surface area contributed by atoms with Crippen LogP contribution in [0.3, 0.4) is 0 Å². The minimum Gasteiger partial charge on any atom is -0.330 e. The number of rotatable bonds is 1. The second kappa shape index (κ2) is 5.15. The molecule has 0 saturated heterocycles. The molecule has 0 aliphatic rings. The lowest BCUT2D eigenvalue weighted by atomic mass is 10.2. The van der Waals surface area contributed by atoms with Crippen molar-refractivity contribution in [3.63, 3.8) is 0 Å². The Balaban J connectivity index is 2.40. The summed E-state index contributed by atoms with van der Waals surface area (Å²) in [6.45, 7) is 0. The van der Waals surface area contributed by atoms with Gasteiger partial charge in [0.05, 0.1) is 26.2 Å². The molecule has 1 N–H and O–H groups in total. The maximum absolute atomic E-state index is 14.0.